The third kappa shape index (κ3) is 4.83. The highest BCUT2D eigenvalue weighted by Crippen LogP contribution is 2.11. The van der Waals surface area contributed by atoms with Crippen molar-refractivity contribution in [1.29, 1.82) is 0 Å². The van der Waals surface area contributed by atoms with Gasteiger partial charge < -0.3 is 10.1 Å². The third-order valence-corrected chi connectivity index (χ3v) is 3.35. The van der Waals surface area contributed by atoms with Crippen molar-refractivity contribution in [3.8, 4) is 0 Å². The van der Waals surface area contributed by atoms with Crippen LogP contribution >= 0.6 is 11.6 Å². The predicted octanol–water partition coefficient (Wildman–Crippen LogP) is 3.59. The van der Waals surface area contributed by atoms with Crippen molar-refractivity contribution in [2.75, 3.05) is 6.61 Å². The zero-order valence-corrected chi connectivity index (χ0v) is 13.3. The fourth-order valence-corrected chi connectivity index (χ4v) is 2.15. The second-order valence-electron chi connectivity index (χ2n) is 4.86. The highest BCUT2D eigenvalue weighted by molar-refractivity contribution is 6.30. The van der Waals surface area contributed by atoms with Gasteiger partial charge in [-0.05, 0) is 29.7 Å². The molecular weight excluding hydrogens is 300 g/mol. The van der Waals surface area contributed by atoms with E-state index in [4.69, 9.17) is 16.3 Å². The first kappa shape index (κ1) is 16.5. The highest BCUT2D eigenvalue weighted by atomic mass is 35.5. The fourth-order valence-electron chi connectivity index (χ4n) is 1.99. The largest absolute Gasteiger partial charge is 0.377 e. The number of carbonyl (C=O) groups is 1. The van der Waals surface area contributed by atoms with E-state index in [1.165, 1.54) is 6.20 Å². The van der Waals surface area contributed by atoms with E-state index in [0.717, 1.165) is 24.2 Å². The maximum Gasteiger partial charge on any atom is 0.270 e. The molecule has 2 rings (SSSR count). The number of hydrogen-bond donors (Lipinski definition) is 1. The van der Waals surface area contributed by atoms with Crippen molar-refractivity contribution in [1.82, 2.24) is 10.3 Å². The molecule has 0 spiro atoms. The van der Waals surface area contributed by atoms with E-state index in [-0.39, 0.29) is 5.91 Å². The summed E-state index contributed by atoms with van der Waals surface area (Å²) >= 11 is 5.87. The first-order chi connectivity index (χ1) is 10.7. The van der Waals surface area contributed by atoms with Crippen LogP contribution in [0.3, 0.4) is 0 Å². The average molecular weight is 319 g/mol. The molecule has 1 heterocycles. The van der Waals surface area contributed by atoms with Crippen LogP contribution in [0.2, 0.25) is 5.02 Å². The van der Waals surface area contributed by atoms with E-state index in [0.29, 0.717) is 23.9 Å². The van der Waals surface area contributed by atoms with Gasteiger partial charge >= 0.3 is 0 Å². The van der Waals surface area contributed by atoms with Crippen molar-refractivity contribution >= 4 is 17.5 Å². The van der Waals surface area contributed by atoms with Crippen molar-refractivity contribution in [3.63, 3.8) is 0 Å². The molecule has 0 bridgehead atoms. The van der Waals surface area contributed by atoms with E-state index in [9.17, 15) is 4.79 Å². The maximum atomic E-state index is 12.1. The van der Waals surface area contributed by atoms with Gasteiger partial charge in [-0.2, -0.15) is 0 Å². The zero-order valence-electron chi connectivity index (χ0n) is 12.5. The Hall–Kier alpha value is -1.91. The number of benzene rings is 1. The van der Waals surface area contributed by atoms with Crippen LogP contribution in [0.4, 0.5) is 0 Å². The molecular formula is C17H19ClN2O2. The molecule has 1 N–H and O–H groups in total. The third-order valence-electron chi connectivity index (χ3n) is 3.12. The van der Waals surface area contributed by atoms with Crippen molar-refractivity contribution in [2.45, 2.75) is 26.5 Å². The van der Waals surface area contributed by atoms with Crippen LogP contribution < -0.4 is 5.32 Å². The van der Waals surface area contributed by atoms with Crippen molar-refractivity contribution in [2.24, 2.45) is 0 Å². The van der Waals surface area contributed by atoms with Gasteiger partial charge in [-0.25, -0.2) is 0 Å². The Labute approximate surface area is 135 Å². The minimum Gasteiger partial charge on any atom is -0.377 e. The molecule has 1 aromatic carbocycles. The van der Waals surface area contributed by atoms with Gasteiger partial charge in [0.1, 0.15) is 5.69 Å². The number of pyridine rings is 1. The number of carbonyl (C=O) groups excluding carboxylic acids is 1. The van der Waals surface area contributed by atoms with E-state index < -0.39 is 0 Å². The predicted molar refractivity (Wildman–Crippen MR) is 86.8 cm³/mol. The first-order valence-corrected chi connectivity index (χ1v) is 7.62. The topological polar surface area (TPSA) is 51.2 Å². The van der Waals surface area contributed by atoms with Gasteiger partial charge in [0.05, 0.1) is 6.61 Å². The second-order valence-corrected chi connectivity index (χ2v) is 5.30. The van der Waals surface area contributed by atoms with E-state index in [2.05, 4.69) is 17.2 Å². The highest BCUT2D eigenvalue weighted by Gasteiger charge is 2.09. The zero-order chi connectivity index (χ0) is 15.8. The molecule has 0 aliphatic carbocycles. The monoisotopic (exact) mass is 318 g/mol. The minimum absolute atomic E-state index is 0.244. The van der Waals surface area contributed by atoms with Gasteiger partial charge in [-0.1, -0.05) is 42.8 Å². The number of amides is 1. The normalized spacial score (nSPS) is 10.5. The number of nitrogens with zero attached hydrogens (tertiary/aromatic N) is 1. The maximum absolute atomic E-state index is 12.1. The fraction of sp³-hybridized carbons (Fsp3) is 0.294. The Morgan fingerprint density at radius 2 is 2.05 bits per heavy atom. The molecule has 1 amide bonds. The molecule has 0 fully saturated rings. The molecule has 4 nitrogen and oxygen atoms in total. The summed E-state index contributed by atoms with van der Waals surface area (Å²) in [7, 11) is 0. The van der Waals surface area contributed by atoms with Crippen LogP contribution in [-0.2, 0) is 17.9 Å². The summed E-state index contributed by atoms with van der Waals surface area (Å²) in [5, 5.41) is 3.35. The lowest BCUT2D eigenvalue weighted by Crippen LogP contribution is -2.24. The minimum atomic E-state index is -0.244. The Morgan fingerprint density at radius 3 is 2.77 bits per heavy atom. The number of hydrogen-bond acceptors (Lipinski definition) is 3. The number of halogens is 1. The van der Waals surface area contributed by atoms with Crippen LogP contribution in [0.25, 0.3) is 0 Å². The van der Waals surface area contributed by atoms with Gasteiger partial charge in [0.15, 0.2) is 0 Å². The van der Waals surface area contributed by atoms with Gasteiger partial charge in [0.2, 0.25) is 0 Å². The molecule has 0 saturated carbocycles. The molecule has 0 atom stereocenters. The summed E-state index contributed by atoms with van der Waals surface area (Å²) in [4.78, 5) is 16.1. The number of rotatable bonds is 7. The number of nitrogens with one attached hydrogen (secondary N) is 1. The van der Waals surface area contributed by atoms with Crippen LogP contribution in [0.15, 0.2) is 42.6 Å². The molecule has 5 heteroatoms. The lowest BCUT2D eigenvalue weighted by Gasteiger charge is -2.11. The van der Waals surface area contributed by atoms with E-state index in [1.54, 1.807) is 12.1 Å². The average Bonchev–Trinajstić information content (AvgIpc) is 2.54. The van der Waals surface area contributed by atoms with Crippen LogP contribution in [-0.4, -0.2) is 17.5 Å². The quantitative estimate of drug-likeness (QED) is 0.794. The molecule has 2 aromatic rings. The summed E-state index contributed by atoms with van der Waals surface area (Å²) in [5.74, 6) is -0.244. The molecule has 0 aliphatic rings. The smallest absolute Gasteiger partial charge is 0.270 e. The van der Waals surface area contributed by atoms with Gasteiger partial charge in [-0.3, -0.25) is 9.78 Å². The van der Waals surface area contributed by atoms with Crippen LogP contribution in [0, 0.1) is 0 Å². The van der Waals surface area contributed by atoms with Gasteiger partial charge in [0.25, 0.3) is 5.91 Å². The molecule has 0 unspecified atom stereocenters. The summed E-state index contributed by atoms with van der Waals surface area (Å²) in [5.41, 5.74) is 2.43. The summed E-state index contributed by atoms with van der Waals surface area (Å²) in [6, 6.07) is 11.1. The molecule has 22 heavy (non-hydrogen) atoms. The Balaban J connectivity index is 1.97. The standard InChI is InChI=1S/C17H19ClN2O2/c1-2-9-22-12-14-6-4-3-5-13(14)11-20-17(21)16-10-15(18)7-8-19-16/h3-8,10H,2,9,11-12H2,1H3,(H,20,21). The van der Waals surface area contributed by atoms with Crippen molar-refractivity contribution < 1.29 is 9.53 Å². The second kappa shape index (κ2) is 8.51. The molecule has 1 aromatic heterocycles. The first-order valence-electron chi connectivity index (χ1n) is 7.25. The van der Waals surface area contributed by atoms with Crippen LogP contribution in [0.1, 0.15) is 35.0 Å². The molecule has 0 saturated heterocycles. The molecule has 116 valence electrons. The Morgan fingerprint density at radius 1 is 1.27 bits per heavy atom. The molecule has 0 radical (unpaired) electrons. The number of ether oxygens (including phenoxy) is 1. The summed E-state index contributed by atoms with van der Waals surface area (Å²) in [6.07, 6.45) is 2.50. The van der Waals surface area contributed by atoms with E-state index >= 15 is 0 Å². The summed E-state index contributed by atoms with van der Waals surface area (Å²) < 4.78 is 5.57. The molecule has 0 aliphatic heterocycles. The SMILES string of the molecule is CCCOCc1ccccc1CNC(=O)c1cc(Cl)ccn1. The van der Waals surface area contributed by atoms with Gasteiger partial charge in [-0.15, -0.1) is 0 Å². The van der Waals surface area contributed by atoms with E-state index in [1.807, 2.05) is 24.3 Å². The Bertz CT molecular complexity index is 632. The van der Waals surface area contributed by atoms with Crippen molar-refractivity contribution in [3.05, 3.63) is 64.4 Å². The lowest BCUT2D eigenvalue weighted by atomic mass is 10.1. The lowest BCUT2D eigenvalue weighted by molar-refractivity contribution is 0.0944. The Kier molecular flexibility index (Phi) is 6.37. The number of aromatic nitrogens is 1. The van der Waals surface area contributed by atoms with Crippen LogP contribution in [0.5, 0.6) is 0 Å². The summed E-state index contributed by atoms with van der Waals surface area (Å²) in [6.45, 7) is 3.78. The van der Waals surface area contributed by atoms with Gasteiger partial charge in [0, 0.05) is 24.4 Å².